The lowest BCUT2D eigenvalue weighted by Gasteiger charge is -2.39. The Morgan fingerprint density at radius 1 is 1.42 bits per heavy atom. The molecule has 104 valence electrons. The molecule has 1 saturated carbocycles. The number of hydrogen-bond donors (Lipinski definition) is 2. The van der Waals surface area contributed by atoms with E-state index in [-0.39, 0.29) is 11.0 Å². The minimum atomic E-state index is -0.952. The zero-order valence-electron chi connectivity index (χ0n) is 11.4. The second-order valence-corrected chi connectivity index (χ2v) is 6.34. The van der Waals surface area contributed by atoms with E-state index in [9.17, 15) is 4.79 Å². The van der Waals surface area contributed by atoms with Crippen molar-refractivity contribution < 1.29 is 9.90 Å². The van der Waals surface area contributed by atoms with Crippen LogP contribution in [0.2, 0.25) is 5.02 Å². The Bertz CT molecular complexity index is 485. The molecule has 0 aromatic heterocycles. The highest BCUT2D eigenvalue weighted by molar-refractivity contribution is 6.33. The van der Waals surface area contributed by atoms with Crippen molar-refractivity contribution in [1.29, 1.82) is 0 Å². The lowest BCUT2D eigenvalue weighted by Crippen LogP contribution is -2.38. The molecule has 1 aromatic rings. The molecule has 4 heteroatoms. The van der Waals surface area contributed by atoms with Gasteiger partial charge < -0.3 is 10.4 Å². The summed E-state index contributed by atoms with van der Waals surface area (Å²) in [5.74, 6) is -0.952. The molecule has 1 aromatic carbocycles. The van der Waals surface area contributed by atoms with Crippen LogP contribution in [0.15, 0.2) is 18.2 Å². The summed E-state index contributed by atoms with van der Waals surface area (Å²) >= 11 is 6.16. The quantitative estimate of drug-likeness (QED) is 0.862. The largest absolute Gasteiger partial charge is 0.478 e. The lowest BCUT2D eigenvalue weighted by molar-refractivity contribution is 0.0697. The molecule has 0 amide bonds. The number of benzene rings is 1. The van der Waals surface area contributed by atoms with Crippen molar-refractivity contribution >= 4 is 23.3 Å². The Balaban J connectivity index is 2.17. The number of carbonyl (C=O) groups is 1. The first kappa shape index (κ1) is 14.2. The molecular formula is C15H20ClNO2. The summed E-state index contributed by atoms with van der Waals surface area (Å²) in [4.78, 5) is 10.9. The summed E-state index contributed by atoms with van der Waals surface area (Å²) < 4.78 is 0. The monoisotopic (exact) mass is 281 g/mol. The third-order valence-corrected chi connectivity index (χ3v) is 4.37. The van der Waals surface area contributed by atoms with Crippen LogP contribution in [-0.4, -0.2) is 17.1 Å². The number of nitrogens with one attached hydrogen (secondary N) is 1. The zero-order valence-corrected chi connectivity index (χ0v) is 12.1. The molecule has 3 nitrogen and oxygen atoms in total. The molecule has 0 saturated heterocycles. The average molecular weight is 282 g/mol. The van der Waals surface area contributed by atoms with Crippen LogP contribution in [0.3, 0.4) is 0 Å². The number of anilines is 1. The van der Waals surface area contributed by atoms with Crippen molar-refractivity contribution in [3.05, 3.63) is 28.8 Å². The molecule has 1 aliphatic rings. The summed E-state index contributed by atoms with van der Waals surface area (Å²) in [7, 11) is 0. The van der Waals surface area contributed by atoms with Crippen LogP contribution in [0.1, 0.15) is 49.9 Å². The van der Waals surface area contributed by atoms with Crippen LogP contribution in [-0.2, 0) is 0 Å². The summed E-state index contributed by atoms with van der Waals surface area (Å²) in [5.41, 5.74) is 1.29. The van der Waals surface area contributed by atoms with Crippen LogP contribution in [0, 0.1) is 5.41 Å². The second-order valence-electron chi connectivity index (χ2n) is 5.93. The van der Waals surface area contributed by atoms with Gasteiger partial charge in [-0.3, -0.25) is 0 Å². The molecule has 19 heavy (non-hydrogen) atoms. The molecule has 0 heterocycles. The maximum absolute atomic E-state index is 10.9. The van der Waals surface area contributed by atoms with Gasteiger partial charge in [-0.1, -0.05) is 38.3 Å². The maximum Gasteiger partial charge on any atom is 0.335 e. The van der Waals surface area contributed by atoms with E-state index in [4.69, 9.17) is 16.7 Å². The molecule has 2 rings (SSSR count). The van der Waals surface area contributed by atoms with Gasteiger partial charge in [0, 0.05) is 6.04 Å². The van der Waals surface area contributed by atoms with E-state index < -0.39 is 5.97 Å². The molecule has 0 spiro atoms. The van der Waals surface area contributed by atoms with Crippen LogP contribution < -0.4 is 5.32 Å². The fraction of sp³-hybridized carbons (Fsp3) is 0.533. The van der Waals surface area contributed by atoms with Gasteiger partial charge in [0.1, 0.15) is 0 Å². The fourth-order valence-corrected chi connectivity index (χ4v) is 2.95. The molecule has 0 aliphatic heterocycles. The maximum atomic E-state index is 10.9. The minimum absolute atomic E-state index is 0.221. The normalized spacial score (nSPS) is 21.9. The molecule has 2 N–H and O–H groups in total. The second kappa shape index (κ2) is 5.41. The van der Waals surface area contributed by atoms with Crippen molar-refractivity contribution in [3.63, 3.8) is 0 Å². The number of halogens is 1. The Morgan fingerprint density at radius 2 is 2.16 bits per heavy atom. The molecule has 0 radical (unpaired) electrons. The third kappa shape index (κ3) is 3.21. The van der Waals surface area contributed by atoms with Gasteiger partial charge in [0.25, 0.3) is 0 Å². The summed E-state index contributed by atoms with van der Waals surface area (Å²) in [5, 5.41) is 12.9. The standard InChI is InChI=1S/C15H20ClNO2/c1-15(2)8-4-3-5-13(15)17-12-7-6-10(14(18)19)9-11(12)16/h6-7,9,13,17H,3-5,8H2,1-2H3,(H,18,19). The Kier molecular flexibility index (Phi) is 4.04. The number of carboxylic acid groups (broad SMARTS) is 1. The fourth-order valence-electron chi connectivity index (χ4n) is 2.71. The van der Waals surface area contributed by atoms with Gasteiger partial charge in [0.15, 0.2) is 0 Å². The molecule has 0 bridgehead atoms. The van der Waals surface area contributed by atoms with Gasteiger partial charge in [-0.05, 0) is 36.5 Å². The Hall–Kier alpha value is -1.22. The van der Waals surface area contributed by atoms with Crippen LogP contribution >= 0.6 is 11.6 Å². The van der Waals surface area contributed by atoms with Gasteiger partial charge in [0.05, 0.1) is 16.3 Å². The van der Waals surface area contributed by atoms with Crippen LogP contribution in [0.5, 0.6) is 0 Å². The highest BCUT2D eigenvalue weighted by Gasteiger charge is 2.32. The first-order valence-corrected chi connectivity index (χ1v) is 7.07. The van der Waals surface area contributed by atoms with Crippen molar-refractivity contribution in [2.45, 2.75) is 45.6 Å². The SMILES string of the molecule is CC1(C)CCCCC1Nc1ccc(C(=O)O)cc1Cl. The number of carboxylic acids is 1. The average Bonchev–Trinajstić information content (AvgIpc) is 2.33. The molecular weight excluding hydrogens is 262 g/mol. The van der Waals surface area contributed by atoms with E-state index >= 15 is 0 Å². The van der Waals surface area contributed by atoms with Crippen molar-refractivity contribution in [1.82, 2.24) is 0 Å². The highest BCUT2D eigenvalue weighted by Crippen LogP contribution is 2.38. The van der Waals surface area contributed by atoms with Gasteiger partial charge in [-0.2, -0.15) is 0 Å². The highest BCUT2D eigenvalue weighted by atomic mass is 35.5. The lowest BCUT2D eigenvalue weighted by atomic mass is 9.73. The smallest absolute Gasteiger partial charge is 0.335 e. The van der Waals surface area contributed by atoms with Gasteiger partial charge in [-0.25, -0.2) is 4.79 Å². The minimum Gasteiger partial charge on any atom is -0.478 e. The predicted molar refractivity (Wildman–Crippen MR) is 78.1 cm³/mol. The van der Waals surface area contributed by atoms with E-state index in [1.807, 2.05) is 0 Å². The molecule has 1 fully saturated rings. The van der Waals surface area contributed by atoms with Gasteiger partial charge >= 0.3 is 5.97 Å². The summed E-state index contributed by atoms with van der Waals surface area (Å²) in [6, 6.07) is 5.24. The van der Waals surface area contributed by atoms with Gasteiger partial charge in [0.2, 0.25) is 0 Å². The van der Waals surface area contributed by atoms with E-state index in [0.717, 1.165) is 12.1 Å². The van der Waals surface area contributed by atoms with Crippen molar-refractivity contribution in [3.8, 4) is 0 Å². The Labute approximate surface area is 119 Å². The molecule has 1 unspecified atom stereocenters. The zero-order chi connectivity index (χ0) is 14.0. The van der Waals surface area contributed by atoms with Crippen LogP contribution in [0.25, 0.3) is 0 Å². The van der Waals surface area contributed by atoms with Crippen LogP contribution in [0.4, 0.5) is 5.69 Å². The van der Waals surface area contributed by atoms with Crippen molar-refractivity contribution in [2.75, 3.05) is 5.32 Å². The number of hydrogen-bond acceptors (Lipinski definition) is 2. The summed E-state index contributed by atoms with van der Waals surface area (Å²) in [6.07, 6.45) is 4.84. The predicted octanol–water partition coefficient (Wildman–Crippen LogP) is 4.42. The first-order chi connectivity index (χ1) is 8.90. The topological polar surface area (TPSA) is 49.3 Å². The number of rotatable bonds is 3. The molecule has 1 atom stereocenters. The van der Waals surface area contributed by atoms with Gasteiger partial charge in [-0.15, -0.1) is 0 Å². The van der Waals surface area contributed by atoms with E-state index in [1.54, 1.807) is 12.1 Å². The van der Waals surface area contributed by atoms with E-state index in [2.05, 4.69) is 19.2 Å². The third-order valence-electron chi connectivity index (χ3n) is 4.05. The van der Waals surface area contributed by atoms with E-state index in [0.29, 0.717) is 11.1 Å². The first-order valence-electron chi connectivity index (χ1n) is 6.69. The molecule has 1 aliphatic carbocycles. The number of aromatic carboxylic acids is 1. The Morgan fingerprint density at radius 3 is 2.74 bits per heavy atom. The van der Waals surface area contributed by atoms with Crippen molar-refractivity contribution in [2.24, 2.45) is 5.41 Å². The van der Waals surface area contributed by atoms with E-state index in [1.165, 1.54) is 25.3 Å². The summed E-state index contributed by atoms with van der Waals surface area (Å²) in [6.45, 7) is 4.53.